The molecule has 242 valence electrons. The largest absolute Gasteiger partial charge is 0.348 e. The monoisotopic (exact) mass is 629 g/mol. The number of halogens is 2. The molecule has 3 N–H and O–H groups in total. The fourth-order valence-corrected chi connectivity index (χ4v) is 7.73. The number of alkyl halides is 1. The molecule has 0 unspecified atom stereocenters. The molecule has 9 nitrogen and oxygen atoms in total. The number of rotatable bonds is 3. The maximum atomic E-state index is 16.1. The van der Waals surface area contributed by atoms with E-state index in [1.807, 2.05) is 30.5 Å². The molecule has 3 fully saturated rings. The van der Waals surface area contributed by atoms with Crippen LogP contribution >= 0.6 is 0 Å². The Labute approximate surface area is 266 Å². The molecule has 2 bridgehead atoms. The normalized spacial score (nSPS) is 28.7. The van der Waals surface area contributed by atoms with Crippen LogP contribution in [0.4, 0.5) is 8.78 Å². The van der Waals surface area contributed by atoms with Crippen LogP contribution in [0, 0.1) is 11.7 Å². The van der Waals surface area contributed by atoms with Gasteiger partial charge in [0.2, 0.25) is 5.91 Å². The molecule has 0 radical (unpaired) electrons. The number of hydrogen-bond donors (Lipinski definition) is 2. The Bertz CT molecular complexity index is 1880. The molecule has 1 aromatic carbocycles. The number of hydrogen-bond acceptors (Lipinski definition) is 5. The highest BCUT2D eigenvalue weighted by atomic mass is 19.1. The SMILES string of the molecule is C[C@@H]1[C@H](N)CCCN1C(=O)c1cc(F)c2c(c1)nc(-c1cc3ccc4nc3n1CCCCC[C@]1(F)C[C@H]1C(=O)N[C@@H]4C)n2C1CC1. The third kappa shape index (κ3) is 4.89. The molecule has 46 heavy (non-hydrogen) atoms. The van der Waals surface area contributed by atoms with Crippen molar-refractivity contribution in [3.8, 4) is 11.5 Å². The second-order valence-electron chi connectivity index (χ2n) is 14.1. The van der Waals surface area contributed by atoms with Gasteiger partial charge >= 0.3 is 0 Å². The fraction of sp³-hybridized carbons (Fsp3) is 0.543. The number of piperidine rings is 1. The molecule has 11 heteroatoms. The first-order chi connectivity index (χ1) is 22.1. The van der Waals surface area contributed by atoms with E-state index in [2.05, 4.69) is 16.0 Å². The number of aromatic nitrogens is 4. The van der Waals surface area contributed by atoms with E-state index in [0.29, 0.717) is 48.5 Å². The van der Waals surface area contributed by atoms with Crippen molar-refractivity contribution in [2.45, 2.75) is 108 Å². The number of imidazole rings is 1. The molecule has 2 amide bonds. The Balaban J connectivity index is 1.22. The molecule has 0 spiro atoms. The van der Waals surface area contributed by atoms with E-state index in [-0.39, 0.29) is 48.0 Å². The summed E-state index contributed by atoms with van der Waals surface area (Å²) in [7, 11) is 0. The summed E-state index contributed by atoms with van der Waals surface area (Å²) >= 11 is 0. The first-order valence-corrected chi connectivity index (χ1v) is 16.9. The van der Waals surface area contributed by atoms with Crippen LogP contribution in [0.3, 0.4) is 0 Å². The van der Waals surface area contributed by atoms with E-state index in [0.717, 1.165) is 55.3 Å². The molecular weight excluding hydrogens is 588 g/mol. The maximum absolute atomic E-state index is 16.1. The first-order valence-electron chi connectivity index (χ1n) is 16.9. The molecule has 1 saturated heterocycles. The fourth-order valence-electron chi connectivity index (χ4n) is 7.73. The maximum Gasteiger partial charge on any atom is 0.254 e. The van der Waals surface area contributed by atoms with Crippen molar-refractivity contribution in [3.63, 3.8) is 0 Å². The zero-order valence-corrected chi connectivity index (χ0v) is 26.4. The predicted molar refractivity (Wildman–Crippen MR) is 171 cm³/mol. The second-order valence-corrected chi connectivity index (χ2v) is 14.1. The van der Waals surface area contributed by atoms with Gasteiger partial charge in [0.25, 0.3) is 5.91 Å². The van der Waals surface area contributed by atoms with Gasteiger partial charge in [0.15, 0.2) is 5.82 Å². The molecule has 8 rings (SSSR count). The van der Waals surface area contributed by atoms with Crippen LogP contribution in [-0.2, 0) is 11.3 Å². The van der Waals surface area contributed by atoms with Gasteiger partial charge in [-0.2, -0.15) is 0 Å². The lowest BCUT2D eigenvalue weighted by Crippen LogP contribution is -2.52. The Kier molecular flexibility index (Phi) is 6.97. The third-order valence-electron chi connectivity index (χ3n) is 10.8. The van der Waals surface area contributed by atoms with E-state index in [4.69, 9.17) is 15.7 Å². The second kappa shape index (κ2) is 10.9. The molecule has 4 aromatic rings. The smallest absolute Gasteiger partial charge is 0.254 e. The van der Waals surface area contributed by atoms with Gasteiger partial charge in [0.1, 0.15) is 22.6 Å². The van der Waals surface area contributed by atoms with Gasteiger partial charge in [0.05, 0.1) is 28.9 Å². The van der Waals surface area contributed by atoms with E-state index < -0.39 is 17.4 Å². The zero-order valence-electron chi connectivity index (χ0n) is 26.4. The lowest BCUT2D eigenvalue weighted by Gasteiger charge is -2.37. The van der Waals surface area contributed by atoms with Crippen LogP contribution in [0.2, 0.25) is 0 Å². The number of carbonyl (C=O) groups is 2. The molecule has 2 saturated carbocycles. The van der Waals surface area contributed by atoms with Gasteiger partial charge < -0.3 is 25.1 Å². The summed E-state index contributed by atoms with van der Waals surface area (Å²) in [5.74, 6) is -0.857. The average molecular weight is 630 g/mol. The topological polar surface area (TPSA) is 111 Å². The van der Waals surface area contributed by atoms with Gasteiger partial charge in [-0.05, 0) is 89.1 Å². The Morgan fingerprint density at radius 2 is 1.87 bits per heavy atom. The highest BCUT2D eigenvalue weighted by Crippen LogP contribution is 2.51. The highest BCUT2D eigenvalue weighted by molar-refractivity contribution is 5.98. The zero-order chi connectivity index (χ0) is 31.9. The van der Waals surface area contributed by atoms with Crippen molar-refractivity contribution >= 4 is 33.9 Å². The Morgan fingerprint density at radius 1 is 1.04 bits per heavy atom. The molecule has 2 aliphatic heterocycles. The lowest BCUT2D eigenvalue weighted by atomic mass is 9.97. The number of benzene rings is 1. The van der Waals surface area contributed by atoms with Crippen LogP contribution < -0.4 is 11.1 Å². The summed E-state index contributed by atoms with van der Waals surface area (Å²) in [5.41, 5.74) is 8.31. The van der Waals surface area contributed by atoms with Crippen LogP contribution in [0.25, 0.3) is 33.6 Å². The lowest BCUT2D eigenvalue weighted by molar-refractivity contribution is -0.124. The summed E-state index contributed by atoms with van der Waals surface area (Å²) in [5, 5.41) is 3.91. The summed E-state index contributed by atoms with van der Waals surface area (Å²) in [6.07, 6.45) is 6.52. The average Bonchev–Trinajstić information content (AvgIpc) is 3.92. The quantitative estimate of drug-likeness (QED) is 0.291. The van der Waals surface area contributed by atoms with Gasteiger partial charge in [-0.1, -0.05) is 12.8 Å². The molecule has 4 aliphatic rings. The Morgan fingerprint density at radius 3 is 2.67 bits per heavy atom. The molecule has 3 aromatic heterocycles. The number of pyridine rings is 1. The number of nitrogens with one attached hydrogen (secondary N) is 1. The molecule has 5 heterocycles. The van der Waals surface area contributed by atoms with Crippen molar-refractivity contribution in [2.75, 3.05) is 6.54 Å². The van der Waals surface area contributed by atoms with Crippen LogP contribution in [0.1, 0.15) is 99.8 Å². The number of carbonyl (C=O) groups excluding carboxylic acids is 2. The standard InChI is InChI=1S/C35H41F2N7O2/c1-19-27-11-8-21-17-29(43(31(21)40-27)13-5-3-4-12-35(37)18-24(35)33(45)39-19)32-41-28-16-22(15-25(36)30(28)44(32)23-9-10-23)34(46)42-14-6-7-26(38)20(42)2/h8,11,15-17,19-20,23-24,26H,3-7,9-10,12-14,18,38H2,1-2H3,(H,39,45)/t19-,20-,24+,26-,35+/m1/s1. The minimum atomic E-state index is -1.41. The number of aryl methyl sites for hydroxylation is 1. The third-order valence-corrected chi connectivity index (χ3v) is 10.8. The van der Waals surface area contributed by atoms with Gasteiger partial charge in [-0.25, -0.2) is 18.7 Å². The van der Waals surface area contributed by atoms with Crippen LogP contribution in [-0.4, -0.2) is 60.1 Å². The molecule has 2 aliphatic carbocycles. The molecular formula is C35H41F2N7O2. The number of fused-ring (bicyclic) bond motifs is 3. The van der Waals surface area contributed by atoms with Gasteiger partial charge in [-0.3, -0.25) is 9.59 Å². The summed E-state index contributed by atoms with van der Waals surface area (Å²) in [4.78, 5) is 38.3. The Hall–Kier alpha value is -3.86. The van der Waals surface area contributed by atoms with Crippen molar-refractivity contribution in [3.05, 3.63) is 47.4 Å². The minimum absolute atomic E-state index is 0.103. The number of nitrogens with zero attached hydrogens (tertiary/aromatic N) is 5. The van der Waals surface area contributed by atoms with Crippen LogP contribution in [0.5, 0.6) is 0 Å². The number of nitrogens with two attached hydrogens (primary N) is 1. The number of amides is 2. The van der Waals surface area contributed by atoms with Crippen molar-refractivity contribution in [2.24, 2.45) is 11.7 Å². The van der Waals surface area contributed by atoms with E-state index in [1.165, 1.54) is 6.07 Å². The van der Waals surface area contributed by atoms with Crippen molar-refractivity contribution in [1.82, 2.24) is 29.3 Å². The van der Waals surface area contributed by atoms with Crippen LogP contribution in [0.15, 0.2) is 30.3 Å². The highest BCUT2D eigenvalue weighted by Gasteiger charge is 2.59. The molecule has 5 atom stereocenters. The number of likely N-dealkylation sites (tertiary alicyclic amines) is 1. The summed E-state index contributed by atoms with van der Waals surface area (Å²) in [6, 6.07) is 8.54. The minimum Gasteiger partial charge on any atom is -0.348 e. The van der Waals surface area contributed by atoms with Crippen molar-refractivity contribution < 1.29 is 18.4 Å². The summed E-state index contributed by atoms with van der Waals surface area (Å²) in [6.45, 7) is 5.07. The van der Waals surface area contributed by atoms with Gasteiger partial charge in [0, 0.05) is 42.2 Å². The first kappa shape index (κ1) is 29.5. The van der Waals surface area contributed by atoms with E-state index >= 15 is 8.78 Å². The predicted octanol–water partition coefficient (Wildman–Crippen LogP) is 5.96. The van der Waals surface area contributed by atoms with Gasteiger partial charge in [-0.15, -0.1) is 0 Å². The summed E-state index contributed by atoms with van der Waals surface area (Å²) < 4.78 is 35.5. The van der Waals surface area contributed by atoms with E-state index in [9.17, 15) is 9.59 Å². The van der Waals surface area contributed by atoms with Crippen molar-refractivity contribution in [1.29, 1.82) is 0 Å². The van der Waals surface area contributed by atoms with E-state index in [1.54, 1.807) is 11.0 Å².